The van der Waals surface area contributed by atoms with Crippen molar-refractivity contribution in [2.24, 2.45) is 0 Å². The molecule has 0 aliphatic carbocycles. The average molecular weight is 397 g/mol. The molecule has 150 valence electrons. The summed E-state index contributed by atoms with van der Waals surface area (Å²) in [4.78, 5) is 32.7. The molecule has 0 aliphatic rings. The zero-order valence-electron chi connectivity index (χ0n) is 17.2. The highest BCUT2D eigenvalue weighted by Crippen LogP contribution is 2.29. The number of aromatic amines is 1. The third kappa shape index (κ3) is 3.87. The second-order valence-corrected chi connectivity index (χ2v) is 7.65. The Labute approximate surface area is 174 Å². The number of benzene rings is 2. The van der Waals surface area contributed by atoms with Gasteiger partial charge < -0.3 is 10.3 Å². The van der Waals surface area contributed by atoms with Gasteiger partial charge in [0.25, 0.3) is 11.5 Å². The van der Waals surface area contributed by atoms with Crippen molar-refractivity contribution in [2.45, 2.75) is 27.3 Å². The number of nitrogens with zero attached hydrogens (tertiary/aromatic N) is 1. The molecular weight excluding hydrogens is 374 g/mol. The lowest BCUT2D eigenvalue weighted by molar-refractivity contribution is 0.0946. The van der Waals surface area contributed by atoms with Gasteiger partial charge in [0.1, 0.15) is 11.2 Å². The van der Waals surface area contributed by atoms with E-state index in [1.54, 1.807) is 12.3 Å². The lowest BCUT2D eigenvalue weighted by atomic mass is 9.98. The van der Waals surface area contributed by atoms with Crippen LogP contribution in [0.15, 0.2) is 65.6 Å². The Morgan fingerprint density at radius 1 is 0.967 bits per heavy atom. The second kappa shape index (κ2) is 7.95. The smallest absolute Gasteiger partial charge is 0.275 e. The van der Waals surface area contributed by atoms with Crippen molar-refractivity contribution >= 4 is 16.8 Å². The zero-order valence-corrected chi connectivity index (χ0v) is 17.2. The summed E-state index contributed by atoms with van der Waals surface area (Å²) in [5.74, 6) is -0.326. The highest BCUT2D eigenvalue weighted by molar-refractivity contribution is 6.07. The number of pyridine rings is 2. The first-order valence-corrected chi connectivity index (χ1v) is 9.86. The van der Waals surface area contributed by atoms with Crippen LogP contribution in [0, 0.1) is 20.8 Å². The number of carbonyl (C=O) groups excluding carboxylic acids is 1. The van der Waals surface area contributed by atoms with Crippen molar-refractivity contribution in [3.63, 3.8) is 0 Å². The molecule has 2 N–H and O–H groups in total. The maximum atomic E-state index is 13.1. The molecule has 2 heterocycles. The Morgan fingerprint density at radius 3 is 2.37 bits per heavy atom. The SMILES string of the molecule is Cc1ccc(-c2c(C(=O)NCc3cc(C)cc(C)c3)[nH]c(=O)c3ncccc23)cc1. The van der Waals surface area contributed by atoms with E-state index in [1.165, 1.54) is 0 Å². The molecule has 30 heavy (non-hydrogen) atoms. The first-order valence-electron chi connectivity index (χ1n) is 9.86. The van der Waals surface area contributed by atoms with Gasteiger partial charge in [-0.25, -0.2) is 0 Å². The number of hydrogen-bond acceptors (Lipinski definition) is 3. The van der Waals surface area contributed by atoms with Gasteiger partial charge in [-0.05, 0) is 38.0 Å². The van der Waals surface area contributed by atoms with E-state index < -0.39 is 0 Å². The van der Waals surface area contributed by atoms with Crippen LogP contribution < -0.4 is 10.9 Å². The van der Waals surface area contributed by atoms with E-state index in [0.717, 1.165) is 27.8 Å². The Hall–Kier alpha value is -3.73. The van der Waals surface area contributed by atoms with Gasteiger partial charge in [0.05, 0.1) is 0 Å². The molecule has 1 amide bonds. The van der Waals surface area contributed by atoms with Gasteiger partial charge in [0.2, 0.25) is 0 Å². The monoisotopic (exact) mass is 397 g/mol. The van der Waals surface area contributed by atoms with Crippen molar-refractivity contribution in [2.75, 3.05) is 0 Å². The average Bonchev–Trinajstić information content (AvgIpc) is 2.72. The highest BCUT2D eigenvalue weighted by Gasteiger charge is 2.19. The number of rotatable bonds is 4. The minimum atomic E-state index is -0.377. The first-order chi connectivity index (χ1) is 14.4. The molecule has 0 saturated heterocycles. The third-order valence-electron chi connectivity index (χ3n) is 5.08. The van der Waals surface area contributed by atoms with Crippen LogP contribution in [0.25, 0.3) is 22.0 Å². The minimum absolute atomic E-state index is 0.244. The summed E-state index contributed by atoms with van der Waals surface area (Å²) < 4.78 is 0. The number of aryl methyl sites for hydroxylation is 3. The van der Waals surface area contributed by atoms with Gasteiger partial charge in [-0.3, -0.25) is 14.6 Å². The summed E-state index contributed by atoms with van der Waals surface area (Å²) >= 11 is 0. The van der Waals surface area contributed by atoms with Crippen molar-refractivity contribution in [1.82, 2.24) is 15.3 Å². The number of fused-ring (bicyclic) bond motifs is 1. The normalized spacial score (nSPS) is 10.9. The molecule has 4 aromatic rings. The van der Waals surface area contributed by atoms with Crippen LogP contribution in [-0.4, -0.2) is 15.9 Å². The van der Waals surface area contributed by atoms with Gasteiger partial charge in [-0.15, -0.1) is 0 Å². The molecule has 0 fully saturated rings. The van der Waals surface area contributed by atoms with Gasteiger partial charge in [-0.1, -0.05) is 65.2 Å². The third-order valence-corrected chi connectivity index (χ3v) is 5.08. The van der Waals surface area contributed by atoms with Gasteiger partial charge in [0, 0.05) is 23.7 Å². The first kappa shape index (κ1) is 19.6. The fourth-order valence-electron chi connectivity index (χ4n) is 3.79. The summed E-state index contributed by atoms with van der Waals surface area (Å²) in [5.41, 5.74) is 6.14. The standard InChI is InChI=1S/C25H23N3O2/c1-15-6-8-19(9-7-15)21-20-5-4-10-26-22(20)25(30)28-23(21)24(29)27-14-18-12-16(2)11-17(3)13-18/h4-13H,14H2,1-3H3,(H,27,29)(H,28,30). The van der Waals surface area contributed by atoms with Gasteiger partial charge in [0.15, 0.2) is 0 Å². The number of hydrogen-bond donors (Lipinski definition) is 2. The summed E-state index contributed by atoms with van der Waals surface area (Å²) in [7, 11) is 0. The van der Waals surface area contributed by atoms with Crippen molar-refractivity contribution < 1.29 is 4.79 Å². The molecular formula is C25H23N3O2. The van der Waals surface area contributed by atoms with Crippen LogP contribution in [0.1, 0.15) is 32.7 Å². The number of carbonyl (C=O) groups is 1. The highest BCUT2D eigenvalue weighted by atomic mass is 16.2. The van der Waals surface area contributed by atoms with E-state index in [1.807, 2.05) is 63.2 Å². The Balaban J connectivity index is 1.79. The van der Waals surface area contributed by atoms with Crippen molar-refractivity contribution in [3.8, 4) is 11.1 Å². The van der Waals surface area contributed by atoms with Crippen molar-refractivity contribution in [3.05, 3.63) is 99.1 Å². The molecule has 2 aromatic carbocycles. The van der Waals surface area contributed by atoms with Crippen LogP contribution in [0.2, 0.25) is 0 Å². The Kier molecular flexibility index (Phi) is 5.19. The van der Waals surface area contributed by atoms with Crippen LogP contribution >= 0.6 is 0 Å². The molecule has 0 unspecified atom stereocenters. The quantitative estimate of drug-likeness (QED) is 0.534. The van der Waals surface area contributed by atoms with E-state index in [0.29, 0.717) is 23.0 Å². The fourth-order valence-corrected chi connectivity index (χ4v) is 3.79. The molecule has 0 aliphatic heterocycles. The van der Waals surface area contributed by atoms with Crippen molar-refractivity contribution in [1.29, 1.82) is 0 Å². The lowest BCUT2D eigenvalue weighted by Crippen LogP contribution is -2.27. The molecule has 0 bridgehead atoms. The number of amides is 1. The molecule has 0 spiro atoms. The van der Waals surface area contributed by atoms with Crippen LogP contribution in [0.3, 0.4) is 0 Å². The number of H-pyrrole nitrogens is 1. The Morgan fingerprint density at radius 2 is 1.67 bits per heavy atom. The fraction of sp³-hybridized carbons (Fsp3) is 0.160. The van der Waals surface area contributed by atoms with Gasteiger partial charge >= 0.3 is 0 Å². The minimum Gasteiger partial charge on any atom is -0.347 e. The largest absolute Gasteiger partial charge is 0.347 e. The summed E-state index contributed by atoms with van der Waals surface area (Å²) in [5, 5.41) is 3.61. The topological polar surface area (TPSA) is 74.8 Å². The molecule has 5 heteroatoms. The molecule has 5 nitrogen and oxygen atoms in total. The van der Waals surface area contributed by atoms with Crippen LogP contribution in [-0.2, 0) is 6.54 Å². The Bertz CT molecular complexity index is 1280. The number of aromatic nitrogens is 2. The van der Waals surface area contributed by atoms with E-state index >= 15 is 0 Å². The van der Waals surface area contributed by atoms with Crippen LogP contribution in [0.4, 0.5) is 0 Å². The summed E-state index contributed by atoms with van der Waals surface area (Å²) in [6, 6.07) is 17.7. The molecule has 0 saturated carbocycles. The zero-order chi connectivity index (χ0) is 21.3. The van der Waals surface area contributed by atoms with E-state index in [4.69, 9.17) is 0 Å². The molecule has 4 rings (SSSR count). The van der Waals surface area contributed by atoms with E-state index in [9.17, 15) is 9.59 Å². The molecule has 2 aromatic heterocycles. The lowest BCUT2D eigenvalue weighted by Gasteiger charge is -2.14. The maximum absolute atomic E-state index is 13.1. The summed E-state index contributed by atoms with van der Waals surface area (Å²) in [6.45, 7) is 6.44. The molecule has 0 radical (unpaired) electrons. The number of nitrogens with one attached hydrogen (secondary N) is 2. The van der Waals surface area contributed by atoms with Crippen LogP contribution in [0.5, 0.6) is 0 Å². The summed E-state index contributed by atoms with van der Waals surface area (Å²) in [6.07, 6.45) is 1.58. The predicted octanol–water partition coefficient (Wildman–Crippen LogP) is 4.45. The molecule has 0 atom stereocenters. The van der Waals surface area contributed by atoms with E-state index in [-0.39, 0.29) is 17.2 Å². The second-order valence-electron chi connectivity index (χ2n) is 7.65. The maximum Gasteiger partial charge on any atom is 0.275 e. The van der Waals surface area contributed by atoms with E-state index in [2.05, 4.69) is 21.4 Å². The predicted molar refractivity (Wildman–Crippen MR) is 120 cm³/mol. The van der Waals surface area contributed by atoms with Gasteiger partial charge in [-0.2, -0.15) is 0 Å².